The zero-order chi connectivity index (χ0) is 11.2. The molecule has 0 radical (unpaired) electrons. The number of rotatable bonds is 7. The normalized spacial score (nSPS) is 13.9. The number of carbonyl (C=O) groups is 1. The molecule has 0 aliphatic heterocycles. The van der Waals surface area contributed by atoms with Crippen LogP contribution >= 0.6 is 7.60 Å². The van der Waals surface area contributed by atoms with Gasteiger partial charge in [-0.1, -0.05) is 0 Å². The number of nitrogens with one attached hydrogen (secondary N) is 1. The van der Waals surface area contributed by atoms with Crippen LogP contribution < -0.4 is 11.3 Å². The van der Waals surface area contributed by atoms with Gasteiger partial charge in [-0.15, -0.1) is 0 Å². The van der Waals surface area contributed by atoms with Gasteiger partial charge in [-0.3, -0.25) is 10.4 Å². The van der Waals surface area contributed by atoms with E-state index in [1.807, 2.05) is 5.43 Å². The predicted molar refractivity (Wildman–Crippen MR) is 49.6 cm³/mol. The van der Waals surface area contributed by atoms with Gasteiger partial charge >= 0.3 is 13.6 Å². The molecule has 84 valence electrons. The Morgan fingerprint density at radius 3 is 2.14 bits per heavy atom. The van der Waals surface area contributed by atoms with Crippen molar-refractivity contribution in [2.24, 2.45) is 5.84 Å². The molecule has 1 unspecified atom stereocenters. The fourth-order valence-corrected chi connectivity index (χ4v) is 2.39. The van der Waals surface area contributed by atoms with E-state index < -0.39 is 19.3 Å². The minimum Gasteiger partial charge on any atom is -0.480 e. The number of nitrogens with two attached hydrogens (primary N) is 1. The monoisotopic (exact) mass is 226 g/mol. The van der Waals surface area contributed by atoms with Crippen LogP contribution in [-0.4, -0.2) is 30.1 Å². The molecule has 0 saturated carbocycles. The van der Waals surface area contributed by atoms with Gasteiger partial charge in [-0.2, -0.15) is 0 Å². The zero-order valence-corrected chi connectivity index (χ0v) is 8.99. The van der Waals surface area contributed by atoms with Crippen molar-refractivity contribution in [1.82, 2.24) is 5.43 Å². The molecule has 0 heterocycles. The molecule has 4 N–H and O–H groups in total. The first-order valence-corrected chi connectivity index (χ1v) is 5.70. The van der Waals surface area contributed by atoms with Crippen LogP contribution in [0, 0.1) is 0 Å². The van der Waals surface area contributed by atoms with Crippen molar-refractivity contribution in [3.05, 3.63) is 0 Å². The molecule has 0 aromatic heterocycles. The highest BCUT2D eigenvalue weighted by atomic mass is 31.2. The first-order chi connectivity index (χ1) is 6.51. The summed E-state index contributed by atoms with van der Waals surface area (Å²) < 4.78 is 21.4. The van der Waals surface area contributed by atoms with E-state index in [9.17, 15) is 9.36 Å². The molecule has 0 aliphatic carbocycles. The number of carboxylic acids is 1. The number of carboxylic acid groups (broad SMARTS) is 1. The maximum Gasteiger partial charge on any atom is 0.360 e. The van der Waals surface area contributed by atoms with Gasteiger partial charge in [0.2, 0.25) is 5.78 Å². The average molecular weight is 226 g/mol. The lowest BCUT2D eigenvalue weighted by Crippen LogP contribution is -2.42. The molecule has 0 aliphatic rings. The van der Waals surface area contributed by atoms with Crippen molar-refractivity contribution < 1.29 is 23.5 Å². The summed E-state index contributed by atoms with van der Waals surface area (Å²) in [7, 11) is -3.72. The summed E-state index contributed by atoms with van der Waals surface area (Å²) in [5, 5.41) is 8.69. The van der Waals surface area contributed by atoms with Crippen LogP contribution in [0.25, 0.3) is 0 Å². The Morgan fingerprint density at radius 1 is 1.50 bits per heavy atom. The SMILES string of the molecule is CCOP(=O)(OCC)C(NN)C(=O)O. The summed E-state index contributed by atoms with van der Waals surface area (Å²) in [5.41, 5.74) is 1.90. The fraction of sp³-hybridized carbons (Fsp3) is 0.833. The smallest absolute Gasteiger partial charge is 0.360 e. The molecule has 0 saturated heterocycles. The van der Waals surface area contributed by atoms with E-state index in [1.54, 1.807) is 13.8 Å². The first-order valence-electron chi connectivity index (χ1n) is 4.09. The highest BCUT2D eigenvalue weighted by molar-refractivity contribution is 7.55. The molecule has 7 nitrogen and oxygen atoms in total. The molecular weight excluding hydrogens is 211 g/mol. The second-order valence-electron chi connectivity index (χ2n) is 2.28. The van der Waals surface area contributed by atoms with Crippen LogP contribution in [0.3, 0.4) is 0 Å². The maximum atomic E-state index is 11.8. The third-order valence-electron chi connectivity index (χ3n) is 1.33. The maximum absolute atomic E-state index is 11.8. The Morgan fingerprint density at radius 2 is 1.93 bits per heavy atom. The molecule has 0 aromatic rings. The number of hydrazine groups is 1. The molecule has 14 heavy (non-hydrogen) atoms. The molecule has 0 bridgehead atoms. The third-order valence-corrected chi connectivity index (χ3v) is 3.56. The van der Waals surface area contributed by atoms with E-state index in [0.717, 1.165) is 0 Å². The summed E-state index contributed by atoms with van der Waals surface area (Å²) in [6.45, 7) is 3.34. The van der Waals surface area contributed by atoms with Crippen LogP contribution in [0.2, 0.25) is 0 Å². The van der Waals surface area contributed by atoms with Gasteiger partial charge in [-0.05, 0) is 13.8 Å². The van der Waals surface area contributed by atoms with Gasteiger partial charge in [-0.25, -0.2) is 10.2 Å². The van der Waals surface area contributed by atoms with E-state index in [0.29, 0.717) is 0 Å². The zero-order valence-electron chi connectivity index (χ0n) is 8.10. The lowest BCUT2D eigenvalue weighted by Gasteiger charge is -2.22. The van der Waals surface area contributed by atoms with Crippen molar-refractivity contribution >= 4 is 13.6 Å². The minimum atomic E-state index is -3.72. The number of aliphatic carboxylic acids is 1. The molecule has 0 amide bonds. The van der Waals surface area contributed by atoms with Crippen LogP contribution in [0.4, 0.5) is 0 Å². The number of hydrogen-bond donors (Lipinski definition) is 3. The average Bonchev–Trinajstić information content (AvgIpc) is 2.04. The summed E-state index contributed by atoms with van der Waals surface area (Å²) in [4.78, 5) is 10.7. The Hall–Kier alpha value is -0.460. The second-order valence-corrected chi connectivity index (χ2v) is 4.40. The Labute approximate surface area is 82.1 Å². The molecule has 0 fully saturated rings. The van der Waals surface area contributed by atoms with Crippen LogP contribution in [0.1, 0.15) is 13.8 Å². The number of hydrogen-bond acceptors (Lipinski definition) is 6. The van der Waals surface area contributed by atoms with Gasteiger partial charge in [0.1, 0.15) is 0 Å². The summed E-state index contributed by atoms with van der Waals surface area (Å²) in [6.07, 6.45) is 0. The van der Waals surface area contributed by atoms with Gasteiger partial charge in [0.05, 0.1) is 13.2 Å². The molecule has 8 heteroatoms. The van der Waals surface area contributed by atoms with Crippen LogP contribution in [0.5, 0.6) is 0 Å². The Bertz CT molecular complexity index is 224. The van der Waals surface area contributed by atoms with E-state index in [-0.39, 0.29) is 13.2 Å². The Balaban J connectivity index is 4.76. The van der Waals surface area contributed by atoms with Crippen LogP contribution in [0.15, 0.2) is 0 Å². The summed E-state index contributed by atoms with van der Waals surface area (Å²) in [5.74, 6) is 2.04. The minimum absolute atomic E-state index is 0.0860. The van der Waals surface area contributed by atoms with Crippen LogP contribution in [-0.2, 0) is 18.4 Å². The first kappa shape index (κ1) is 13.5. The van der Waals surface area contributed by atoms with Crippen molar-refractivity contribution in [1.29, 1.82) is 0 Å². The van der Waals surface area contributed by atoms with E-state index >= 15 is 0 Å². The Kier molecular flexibility index (Phi) is 5.90. The summed E-state index contributed by atoms with van der Waals surface area (Å²) in [6, 6.07) is 0. The summed E-state index contributed by atoms with van der Waals surface area (Å²) >= 11 is 0. The largest absolute Gasteiger partial charge is 0.480 e. The second kappa shape index (κ2) is 6.10. The fourth-order valence-electron chi connectivity index (χ4n) is 0.844. The van der Waals surface area contributed by atoms with Gasteiger partial charge in [0.25, 0.3) is 0 Å². The molecule has 0 aromatic carbocycles. The highest BCUT2D eigenvalue weighted by Gasteiger charge is 2.40. The van der Waals surface area contributed by atoms with Crippen molar-refractivity contribution in [2.45, 2.75) is 19.6 Å². The molecule has 1 atom stereocenters. The topological polar surface area (TPSA) is 111 Å². The van der Waals surface area contributed by atoms with Crippen molar-refractivity contribution in [3.63, 3.8) is 0 Å². The van der Waals surface area contributed by atoms with Gasteiger partial charge in [0, 0.05) is 0 Å². The molecule has 0 spiro atoms. The highest BCUT2D eigenvalue weighted by Crippen LogP contribution is 2.51. The predicted octanol–water partition coefficient (Wildman–Crippen LogP) is 0.126. The van der Waals surface area contributed by atoms with E-state index in [4.69, 9.17) is 20.0 Å². The lowest BCUT2D eigenvalue weighted by atomic mass is 10.7. The van der Waals surface area contributed by atoms with Gasteiger partial charge < -0.3 is 14.2 Å². The molecule has 0 rings (SSSR count). The van der Waals surface area contributed by atoms with E-state index in [2.05, 4.69) is 0 Å². The standard InChI is InChI=1S/C6H15N2O5P/c1-3-12-14(11,13-4-2)5(8-7)6(9)10/h5,8H,3-4,7H2,1-2H3,(H,9,10). The van der Waals surface area contributed by atoms with Crippen molar-refractivity contribution in [2.75, 3.05) is 13.2 Å². The van der Waals surface area contributed by atoms with Gasteiger partial charge in [0.15, 0.2) is 0 Å². The van der Waals surface area contributed by atoms with Crippen molar-refractivity contribution in [3.8, 4) is 0 Å². The quantitative estimate of drug-likeness (QED) is 0.321. The third kappa shape index (κ3) is 3.36. The molecular formula is C6H15N2O5P. The lowest BCUT2D eigenvalue weighted by molar-refractivity contribution is -0.137. The van der Waals surface area contributed by atoms with E-state index in [1.165, 1.54) is 0 Å².